The van der Waals surface area contributed by atoms with Gasteiger partial charge in [0.05, 0.1) is 22.1 Å². The third-order valence-electron chi connectivity index (χ3n) is 12.8. The van der Waals surface area contributed by atoms with Gasteiger partial charge in [-0.3, -0.25) is 0 Å². The summed E-state index contributed by atoms with van der Waals surface area (Å²) in [5, 5.41) is 15.1. The Hall–Kier alpha value is -7.94. The molecule has 11 aromatic carbocycles. The minimum atomic E-state index is 1.15. The summed E-state index contributed by atoms with van der Waals surface area (Å²) in [6, 6.07) is 80.6. The molecule has 278 valence electrons. The molecule has 0 amide bonds. The van der Waals surface area contributed by atoms with Crippen molar-refractivity contribution in [2.45, 2.75) is 0 Å². The van der Waals surface area contributed by atoms with Crippen LogP contribution in [0.4, 0.5) is 0 Å². The van der Waals surface area contributed by atoms with Crippen LogP contribution >= 0.6 is 0 Å². The van der Waals surface area contributed by atoms with Crippen LogP contribution in [0.1, 0.15) is 0 Å². The summed E-state index contributed by atoms with van der Waals surface area (Å²) < 4.78 is 4.87. The molecule has 0 aliphatic rings. The van der Waals surface area contributed by atoms with Gasteiger partial charge >= 0.3 is 0 Å². The summed E-state index contributed by atoms with van der Waals surface area (Å²) in [7, 11) is 0. The maximum absolute atomic E-state index is 2.45. The van der Waals surface area contributed by atoms with Crippen molar-refractivity contribution in [3.8, 4) is 33.6 Å². The van der Waals surface area contributed by atoms with Crippen molar-refractivity contribution in [1.29, 1.82) is 0 Å². The molecule has 13 rings (SSSR count). The van der Waals surface area contributed by atoms with E-state index in [4.69, 9.17) is 0 Å². The second-order valence-electron chi connectivity index (χ2n) is 16.0. The van der Waals surface area contributed by atoms with E-state index in [0.29, 0.717) is 0 Å². The minimum absolute atomic E-state index is 1.15. The van der Waals surface area contributed by atoms with Gasteiger partial charge in [0, 0.05) is 32.9 Å². The SMILES string of the molecule is c1ccc(-n2c3ccccc3c3cc4c(cc32)c2cc(-c3c5ccccc5c(-c5ccc6c(ccc7ccccc76)c5)c5ccccc35)ccc2n4-c2ccccc2)cc1. The maximum Gasteiger partial charge on any atom is 0.0548 e. The standard InChI is InChI=1S/C58H36N2/c1-3-16-41(17-4-1)59-53-26-14-13-21-45(53)51-35-56-52(36-55(51)59)50-34-40(30-32-54(50)60(56)42-18-5-2-6-19-42)58-48-24-11-9-22-46(48)57(47-23-10-12-25-49(47)58)39-29-31-44-38(33-39)28-27-37-15-7-8-20-43(37)44/h1-36H. The largest absolute Gasteiger partial charge is 0.309 e. The van der Waals surface area contributed by atoms with Gasteiger partial charge in [-0.15, -0.1) is 0 Å². The van der Waals surface area contributed by atoms with Crippen LogP contribution in [-0.4, -0.2) is 9.13 Å². The number of fused-ring (bicyclic) bond motifs is 11. The van der Waals surface area contributed by atoms with Gasteiger partial charge in [0.15, 0.2) is 0 Å². The molecule has 2 heteroatoms. The summed E-state index contributed by atoms with van der Waals surface area (Å²) in [6.45, 7) is 0. The molecule has 0 atom stereocenters. The van der Waals surface area contributed by atoms with Crippen molar-refractivity contribution in [3.05, 3.63) is 218 Å². The van der Waals surface area contributed by atoms with Gasteiger partial charge in [-0.2, -0.15) is 0 Å². The molecule has 60 heavy (non-hydrogen) atoms. The molecular formula is C58H36N2. The Morgan fingerprint density at radius 1 is 0.217 bits per heavy atom. The van der Waals surface area contributed by atoms with Gasteiger partial charge in [0.2, 0.25) is 0 Å². The van der Waals surface area contributed by atoms with Crippen LogP contribution in [-0.2, 0) is 0 Å². The average molecular weight is 761 g/mol. The lowest BCUT2D eigenvalue weighted by atomic mass is 9.85. The lowest BCUT2D eigenvalue weighted by molar-refractivity contribution is 1.17. The van der Waals surface area contributed by atoms with E-state index in [-0.39, 0.29) is 0 Å². The molecule has 2 aromatic heterocycles. The Bertz CT molecular complexity index is 3810. The zero-order chi connectivity index (χ0) is 39.3. The van der Waals surface area contributed by atoms with E-state index < -0.39 is 0 Å². The number of para-hydroxylation sites is 3. The molecule has 2 heterocycles. The van der Waals surface area contributed by atoms with Gasteiger partial charge in [-0.05, 0) is 126 Å². The smallest absolute Gasteiger partial charge is 0.0548 e. The van der Waals surface area contributed by atoms with E-state index in [0.717, 1.165) is 11.4 Å². The van der Waals surface area contributed by atoms with Crippen LogP contribution in [0, 0.1) is 0 Å². The zero-order valence-electron chi connectivity index (χ0n) is 32.7. The second-order valence-corrected chi connectivity index (χ2v) is 16.0. The molecule has 0 aliphatic carbocycles. The molecule has 0 fully saturated rings. The van der Waals surface area contributed by atoms with Crippen molar-refractivity contribution in [2.75, 3.05) is 0 Å². The summed E-state index contributed by atoms with van der Waals surface area (Å²) >= 11 is 0. The van der Waals surface area contributed by atoms with Crippen LogP contribution in [0.25, 0.3) is 120 Å². The van der Waals surface area contributed by atoms with Crippen LogP contribution in [0.5, 0.6) is 0 Å². The number of rotatable bonds is 4. The molecule has 0 bridgehead atoms. The Labute approximate surface area is 346 Å². The van der Waals surface area contributed by atoms with Crippen molar-refractivity contribution >= 4 is 86.7 Å². The predicted octanol–water partition coefficient (Wildman–Crippen LogP) is 15.8. The van der Waals surface area contributed by atoms with Crippen molar-refractivity contribution < 1.29 is 0 Å². The van der Waals surface area contributed by atoms with Gasteiger partial charge in [-0.25, -0.2) is 0 Å². The van der Waals surface area contributed by atoms with E-state index in [1.165, 1.54) is 109 Å². The fourth-order valence-electron chi connectivity index (χ4n) is 10.3. The first-order valence-electron chi connectivity index (χ1n) is 20.8. The number of hydrogen-bond acceptors (Lipinski definition) is 0. The van der Waals surface area contributed by atoms with Gasteiger partial charge in [-0.1, -0.05) is 158 Å². The van der Waals surface area contributed by atoms with Gasteiger partial charge < -0.3 is 9.13 Å². The lowest BCUT2D eigenvalue weighted by Crippen LogP contribution is -1.94. The van der Waals surface area contributed by atoms with E-state index in [9.17, 15) is 0 Å². The monoisotopic (exact) mass is 760 g/mol. The number of nitrogens with zero attached hydrogens (tertiary/aromatic N) is 2. The highest BCUT2D eigenvalue weighted by Gasteiger charge is 2.21. The molecule has 13 aromatic rings. The Morgan fingerprint density at radius 2 is 0.633 bits per heavy atom. The van der Waals surface area contributed by atoms with Crippen molar-refractivity contribution in [1.82, 2.24) is 9.13 Å². The molecular weight excluding hydrogens is 725 g/mol. The molecule has 0 saturated carbocycles. The fourth-order valence-corrected chi connectivity index (χ4v) is 10.3. The number of aromatic nitrogens is 2. The van der Waals surface area contributed by atoms with Crippen LogP contribution in [0.15, 0.2) is 218 Å². The Balaban J connectivity index is 1.10. The third-order valence-corrected chi connectivity index (χ3v) is 12.8. The molecule has 0 aliphatic heterocycles. The van der Waals surface area contributed by atoms with Crippen molar-refractivity contribution in [2.24, 2.45) is 0 Å². The maximum atomic E-state index is 2.45. The average Bonchev–Trinajstić information content (AvgIpc) is 3.81. The van der Waals surface area contributed by atoms with E-state index in [1.54, 1.807) is 0 Å². The quantitative estimate of drug-likeness (QED) is 0.125. The van der Waals surface area contributed by atoms with Gasteiger partial charge in [0.25, 0.3) is 0 Å². The minimum Gasteiger partial charge on any atom is -0.309 e. The van der Waals surface area contributed by atoms with Crippen LogP contribution < -0.4 is 0 Å². The summed E-state index contributed by atoms with van der Waals surface area (Å²) in [6.07, 6.45) is 0. The summed E-state index contributed by atoms with van der Waals surface area (Å²) in [5.41, 5.74) is 12.1. The highest BCUT2D eigenvalue weighted by Crippen LogP contribution is 2.46. The fraction of sp³-hybridized carbons (Fsp3) is 0. The molecule has 0 saturated heterocycles. The third kappa shape index (κ3) is 4.76. The first-order valence-corrected chi connectivity index (χ1v) is 20.8. The molecule has 0 N–H and O–H groups in total. The van der Waals surface area contributed by atoms with Crippen LogP contribution in [0.3, 0.4) is 0 Å². The Kier molecular flexibility index (Phi) is 7.05. The van der Waals surface area contributed by atoms with Gasteiger partial charge in [0.1, 0.15) is 0 Å². The zero-order valence-corrected chi connectivity index (χ0v) is 32.7. The van der Waals surface area contributed by atoms with E-state index >= 15 is 0 Å². The van der Waals surface area contributed by atoms with E-state index in [1.807, 2.05) is 0 Å². The molecule has 0 spiro atoms. The lowest BCUT2D eigenvalue weighted by Gasteiger charge is -2.18. The molecule has 2 nitrogen and oxygen atoms in total. The number of benzene rings is 11. The summed E-state index contributed by atoms with van der Waals surface area (Å²) in [4.78, 5) is 0. The topological polar surface area (TPSA) is 9.86 Å². The Morgan fingerprint density at radius 3 is 1.25 bits per heavy atom. The first-order chi connectivity index (χ1) is 29.8. The first kappa shape index (κ1) is 33.1. The van der Waals surface area contributed by atoms with Crippen molar-refractivity contribution in [3.63, 3.8) is 0 Å². The molecule has 0 unspecified atom stereocenters. The highest BCUT2D eigenvalue weighted by atomic mass is 15.0. The second kappa shape index (κ2) is 12.8. The highest BCUT2D eigenvalue weighted by molar-refractivity contribution is 6.24. The summed E-state index contributed by atoms with van der Waals surface area (Å²) in [5.74, 6) is 0. The number of hydrogen-bond donors (Lipinski definition) is 0. The van der Waals surface area contributed by atoms with E-state index in [2.05, 4.69) is 228 Å². The predicted molar refractivity (Wildman–Crippen MR) is 256 cm³/mol. The van der Waals surface area contributed by atoms with Crippen LogP contribution in [0.2, 0.25) is 0 Å². The normalized spacial score (nSPS) is 12.0. The molecule has 0 radical (unpaired) electrons.